The number of aromatic nitrogens is 6. The van der Waals surface area contributed by atoms with E-state index in [4.69, 9.17) is 24.1 Å². The molecule has 3 heterocycles. The highest BCUT2D eigenvalue weighted by atomic mass is 16.5. The number of allylic oxidation sites excluding steroid dienone is 2. The first-order valence-electron chi connectivity index (χ1n) is 17.4. The van der Waals surface area contributed by atoms with E-state index in [0.717, 1.165) is 18.5 Å². The fraction of sp³-hybridized carbons (Fsp3) is 0.727. The van der Waals surface area contributed by atoms with Crippen molar-refractivity contribution in [2.75, 3.05) is 59.4 Å². The molecule has 1 saturated heterocycles. The second-order valence-electron chi connectivity index (χ2n) is 13.0. The van der Waals surface area contributed by atoms with Gasteiger partial charge in [0.2, 0.25) is 17.7 Å². The molecule has 2 unspecified atom stereocenters. The van der Waals surface area contributed by atoms with Gasteiger partial charge in [-0.15, -0.1) is 10.2 Å². The summed E-state index contributed by atoms with van der Waals surface area (Å²) in [4.78, 5) is 39.4. The molecule has 5 atom stereocenters. The minimum absolute atomic E-state index is 0.00300. The molecule has 2 aromatic rings. The van der Waals surface area contributed by atoms with Crippen LogP contribution < -0.4 is 5.32 Å². The van der Waals surface area contributed by atoms with Crippen LogP contribution in [0.3, 0.4) is 0 Å². The van der Waals surface area contributed by atoms with Crippen LogP contribution in [0.25, 0.3) is 0 Å². The molecule has 0 spiro atoms. The first-order valence-corrected chi connectivity index (χ1v) is 17.4. The van der Waals surface area contributed by atoms with Crippen LogP contribution in [-0.2, 0) is 59.6 Å². The SMILES string of the molecule is C[C@@H](COCc1cn(CCOCCOCCOCCO)nn1)Cn1cc(CNC(=O)CCCCCN2C(=O)C3C(C2=O)[C@H]2C=C[C@@H]3C2)nn1. The minimum atomic E-state index is -0.145. The lowest BCUT2D eigenvalue weighted by molar-refractivity contribution is -0.140. The van der Waals surface area contributed by atoms with Gasteiger partial charge in [-0.3, -0.25) is 24.0 Å². The summed E-state index contributed by atoms with van der Waals surface area (Å²) in [6, 6.07) is 0. The normalized spacial score (nSPS) is 21.6. The first-order chi connectivity index (χ1) is 23.9. The van der Waals surface area contributed by atoms with Gasteiger partial charge in [-0.2, -0.15) is 0 Å². The zero-order chi connectivity index (χ0) is 34.4. The molecule has 1 aliphatic heterocycles. The number of ether oxygens (including phenoxy) is 4. The number of aliphatic hydroxyl groups excluding tert-OH is 1. The number of likely N-dealkylation sites (tertiary alicyclic amines) is 1. The van der Waals surface area contributed by atoms with Gasteiger partial charge >= 0.3 is 0 Å². The number of fused-ring (bicyclic) bond motifs is 5. The predicted molar refractivity (Wildman–Crippen MR) is 173 cm³/mol. The molecular weight excluding hydrogens is 636 g/mol. The molecule has 2 N–H and O–H groups in total. The number of rotatable bonds is 25. The number of carbonyl (C=O) groups excluding carboxylic acids is 3. The molecule has 0 radical (unpaired) electrons. The number of carbonyl (C=O) groups is 3. The van der Waals surface area contributed by atoms with Crippen LogP contribution in [0.2, 0.25) is 0 Å². The van der Waals surface area contributed by atoms with Crippen LogP contribution in [0.1, 0.15) is 50.4 Å². The molecule has 16 nitrogen and oxygen atoms in total. The summed E-state index contributed by atoms with van der Waals surface area (Å²) in [5, 5.41) is 28.1. The third-order valence-electron chi connectivity index (χ3n) is 9.08. The van der Waals surface area contributed by atoms with Gasteiger partial charge < -0.3 is 29.4 Å². The second-order valence-corrected chi connectivity index (χ2v) is 13.0. The maximum absolute atomic E-state index is 12.8. The van der Waals surface area contributed by atoms with Crippen molar-refractivity contribution >= 4 is 17.7 Å². The number of hydrogen-bond donors (Lipinski definition) is 2. The standard InChI is InChI=1S/C33H50N8O8/c1-24(22-49-23-28-21-39(37-36-28)9-11-46-13-15-48-16-14-47-12-10-42)19-40-20-27(35-38-40)18-34-29(43)5-3-2-4-8-41-32(44)30-25-6-7-26(17-25)31(30)33(41)45/h6-7,20-21,24-26,30-31,42H,2-5,8-19,22-23H2,1H3,(H,34,43)/t24-,25-,26+,30?,31?/m1/s1. The van der Waals surface area contributed by atoms with Gasteiger partial charge in [0.25, 0.3) is 0 Å². The molecule has 2 aliphatic carbocycles. The lowest BCUT2D eigenvalue weighted by atomic mass is 9.85. The van der Waals surface area contributed by atoms with E-state index in [1.807, 2.05) is 12.4 Å². The molecule has 16 heteroatoms. The molecule has 0 aromatic carbocycles. The highest BCUT2D eigenvalue weighted by Crippen LogP contribution is 2.52. The van der Waals surface area contributed by atoms with Crippen LogP contribution in [0, 0.1) is 29.6 Å². The number of unbranched alkanes of at least 4 members (excludes halogenated alkanes) is 2. The topological polar surface area (TPSA) is 185 Å². The van der Waals surface area contributed by atoms with Crippen molar-refractivity contribution in [2.24, 2.45) is 29.6 Å². The molecule has 5 rings (SSSR count). The van der Waals surface area contributed by atoms with Gasteiger partial charge in [-0.25, -0.2) is 4.68 Å². The summed E-state index contributed by atoms with van der Waals surface area (Å²) >= 11 is 0. The van der Waals surface area contributed by atoms with E-state index >= 15 is 0 Å². The van der Waals surface area contributed by atoms with Crippen LogP contribution in [0.15, 0.2) is 24.5 Å². The maximum Gasteiger partial charge on any atom is 0.233 e. The molecule has 3 amide bonds. The van der Waals surface area contributed by atoms with Crippen LogP contribution in [0.5, 0.6) is 0 Å². The molecule has 2 aromatic heterocycles. The zero-order valence-corrected chi connectivity index (χ0v) is 28.4. The zero-order valence-electron chi connectivity index (χ0n) is 28.4. The Hall–Kier alpha value is -3.57. The summed E-state index contributed by atoms with van der Waals surface area (Å²) in [5.41, 5.74) is 1.42. The van der Waals surface area contributed by atoms with E-state index in [-0.39, 0.29) is 53.9 Å². The molecule has 270 valence electrons. The van der Waals surface area contributed by atoms with E-state index < -0.39 is 0 Å². The molecule has 49 heavy (non-hydrogen) atoms. The predicted octanol–water partition coefficient (Wildman–Crippen LogP) is 0.748. The van der Waals surface area contributed by atoms with E-state index in [0.29, 0.717) is 104 Å². The average Bonchev–Trinajstić information content (AvgIpc) is 3.93. The Balaban J connectivity index is 0.860. The average molecular weight is 687 g/mol. The monoisotopic (exact) mass is 686 g/mol. The Morgan fingerprint density at radius 1 is 0.857 bits per heavy atom. The highest BCUT2D eigenvalue weighted by Gasteiger charge is 2.58. The van der Waals surface area contributed by atoms with Crippen LogP contribution in [-0.4, -0.2) is 117 Å². The molecule has 1 saturated carbocycles. The van der Waals surface area contributed by atoms with Crippen molar-refractivity contribution < 1.29 is 38.4 Å². The largest absolute Gasteiger partial charge is 0.394 e. The lowest BCUT2D eigenvalue weighted by Crippen LogP contribution is -2.33. The van der Waals surface area contributed by atoms with Gasteiger partial charge in [0.1, 0.15) is 11.4 Å². The van der Waals surface area contributed by atoms with Crippen LogP contribution >= 0.6 is 0 Å². The second kappa shape index (κ2) is 19.0. The summed E-state index contributed by atoms with van der Waals surface area (Å²) in [6.45, 7) is 7.52. The first kappa shape index (κ1) is 36.7. The number of imide groups is 1. The quantitative estimate of drug-likeness (QED) is 0.0850. The van der Waals surface area contributed by atoms with E-state index in [2.05, 4.69) is 45.0 Å². The Bertz CT molecular complexity index is 1350. The van der Waals surface area contributed by atoms with Gasteiger partial charge in [0.15, 0.2) is 0 Å². The Morgan fingerprint density at radius 2 is 1.51 bits per heavy atom. The molecular formula is C33H50N8O8. The Kier molecular flexibility index (Phi) is 14.2. The van der Waals surface area contributed by atoms with Gasteiger partial charge in [-0.1, -0.05) is 35.9 Å². The molecule has 2 bridgehead atoms. The summed E-state index contributed by atoms with van der Waals surface area (Å²) in [5.74, 6) is 0.284. The third-order valence-corrected chi connectivity index (χ3v) is 9.08. The lowest BCUT2D eigenvalue weighted by Gasteiger charge is -2.16. The fourth-order valence-electron chi connectivity index (χ4n) is 6.72. The van der Waals surface area contributed by atoms with Gasteiger partial charge in [0, 0.05) is 19.5 Å². The Labute approximate surface area is 286 Å². The number of nitrogens with one attached hydrogen (secondary N) is 1. The molecule has 2 fully saturated rings. The molecule has 3 aliphatic rings. The minimum Gasteiger partial charge on any atom is -0.394 e. The Morgan fingerprint density at radius 3 is 2.24 bits per heavy atom. The number of nitrogens with zero attached hydrogens (tertiary/aromatic N) is 7. The number of amides is 3. The van der Waals surface area contributed by atoms with E-state index in [9.17, 15) is 14.4 Å². The van der Waals surface area contributed by atoms with Gasteiger partial charge in [0.05, 0.1) is 96.8 Å². The maximum atomic E-state index is 12.8. The van der Waals surface area contributed by atoms with E-state index in [1.54, 1.807) is 9.36 Å². The summed E-state index contributed by atoms with van der Waals surface area (Å²) in [6.07, 6.45) is 11.4. The summed E-state index contributed by atoms with van der Waals surface area (Å²) in [7, 11) is 0. The van der Waals surface area contributed by atoms with Gasteiger partial charge in [-0.05, 0) is 37.0 Å². The van der Waals surface area contributed by atoms with Crippen LogP contribution in [0.4, 0.5) is 0 Å². The van der Waals surface area contributed by atoms with E-state index in [1.165, 1.54) is 4.90 Å². The van der Waals surface area contributed by atoms with Crippen molar-refractivity contribution in [3.05, 3.63) is 35.9 Å². The smallest absolute Gasteiger partial charge is 0.233 e. The van der Waals surface area contributed by atoms with Crippen molar-refractivity contribution in [1.29, 1.82) is 0 Å². The number of hydrogen-bond acceptors (Lipinski definition) is 12. The number of aliphatic hydroxyl groups is 1. The van der Waals surface area contributed by atoms with Crippen molar-refractivity contribution in [3.63, 3.8) is 0 Å². The van der Waals surface area contributed by atoms with Crippen molar-refractivity contribution in [3.8, 4) is 0 Å². The highest BCUT2D eigenvalue weighted by molar-refractivity contribution is 6.06. The fourth-order valence-corrected chi connectivity index (χ4v) is 6.72. The van der Waals surface area contributed by atoms with Crippen molar-refractivity contribution in [1.82, 2.24) is 40.2 Å². The van der Waals surface area contributed by atoms with Crippen molar-refractivity contribution in [2.45, 2.75) is 65.3 Å². The third kappa shape index (κ3) is 10.7. The summed E-state index contributed by atoms with van der Waals surface area (Å²) < 4.78 is 25.3.